The molecule has 3 amide bonds. The van der Waals surface area contributed by atoms with E-state index in [0.717, 1.165) is 5.56 Å². The average molecular weight is 445 g/mol. The summed E-state index contributed by atoms with van der Waals surface area (Å²) >= 11 is 5.95. The molecule has 0 fully saturated rings. The van der Waals surface area contributed by atoms with Gasteiger partial charge in [0.05, 0.1) is 6.21 Å². The third kappa shape index (κ3) is 8.47. The van der Waals surface area contributed by atoms with Crippen molar-refractivity contribution >= 4 is 41.2 Å². The van der Waals surface area contributed by atoms with Crippen LogP contribution in [-0.4, -0.2) is 37.1 Å². The number of carbonyl (C=O) groups is 3. The Kier molecular flexibility index (Phi) is 9.02. The molecule has 0 spiro atoms. The first-order chi connectivity index (χ1) is 14.7. The normalized spacial score (nSPS) is 10.7. The number of benzene rings is 2. The number of hydrogen-bond acceptors (Lipinski definition) is 5. The first-order valence-electron chi connectivity index (χ1n) is 9.64. The Morgan fingerprint density at radius 2 is 1.81 bits per heavy atom. The van der Waals surface area contributed by atoms with Gasteiger partial charge in [-0.3, -0.25) is 14.4 Å². The van der Waals surface area contributed by atoms with E-state index in [4.69, 9.17) is 16.3 Å². The van der Waals surface area contributed by atoms with E-state index in [-0.39, 0.29) is 18.4 Å². The number of hydrogen-bond donors (Lipinski definition) is 3. The van der Waals surface area contributed by atoms with Crippen LogP contribution >= 0.6 is 11.6 Å². The largest absolute Gasteiger partial charge is 0.484 e. The van der Waals surface area contributed by atoms with Crippen molar-refractivity contribution in [3.63, 3.8) is 0 Å². The highest BCUT2D eigenvalue weighted by molar-refractivity contribution is 6.35. The molecule has 0 heterocycles. The zero-order valence-electron chi connectivity index (χ0n) is 17.6. The molecule has 0 aliphatic rings. The summed E-state index contributed by atoms with van der Waals surface area (Å²) in [5.41, 5.74) is 4.37. The minimum absolute atomic E-state index is 0.166. The van der Waals surface area contributed by atoms with Crippen molar-refractivity contribution < 1.29 is 19.1 Å². The number of carbonyl (C=O) groups excluding carboxylic acids is 3. The van der Waals surface area contributed by atoms with Gasteiger partial charge in [-0.05, 0) is 60.4 Å². The number of aryl methyl sites for hydroxylation is 1. The molecule has 0 aliphatic heterocycles. The number of nitrogens with zero attached hydrogens (tertiary/aromatic N) is 1. The summed E-state index contributed by atoms with van der Waals surface area (Å²) in [6, 6.07) is 12.0. The number of amides is 3. The monoisotopic (exact) mass is 444 g/mol. The molecule has 164 valence electrons. The molecule has 0 saturated heterocycles. The highest BCUT2D eigenvalue weighted by Crippen LogP contribution is 2.20. The zero-order chi connectivity index (χ0) is 22.8. The van der Waals surface area contributed by atoms with Crippen LogP contribution in [0.5, 0.6) is 5.75 Å². The molecule has 0 saturated carbocycles. The lowest BCUT2D eigenvalue weighted by atomic mass is 10.2. The van der Waals surface area contributed by atoms with Crippen molar-refractivity contribution in [2.24, 2.45) is 11.0 Å². The summed E-state index contributed by atoms with van der Waals surface area (Å²) in [5.74, 6) is -1.15. The van der Waals surface area contributed by atoms with Crippen molar-refractivity contribution in [3.05, 3.63) is 58.6 Å². The summed E-state index contributed by atoms with van der Waals surface area (Å²) in [5, 5.41) is 9.54. The third-order valence-corrected chi connectivity index (χ3v) is 4.22. The molecule has 0 aromatic heterocycles. The van der Waals surface area contributed by atoms with Crippen molar-refractivity contribution in [3.8, 4) is 5.75 Å². The number of hydrazone groups is 1. The Balaban J connectivity index is 1.79. The number of rotatable bonds is 8. The summed E-state index contributed by atoms with van der Waals surface area (Å²) in [4.78, 5) is 35.3. The van der Waals surface area contributed by atoms with E-state index in [0.29, 0.717) is 28.6 Å². The number of ether oxygens (including phenoxy) is 1. The number of halogens is 1. The quantitative estimate of drug-likeness (QED) is 0.330. The number of nitrogens with one attached hydrogen (secondary N) is 3. The van der Waals surface area contributed by atoms with Gasteiger partial charge in [0.2, 0.25) is 0 Å². The van der Waals surface area contributed by atoms with Gasteiger partial charge < -0.3 is 15.4 Å². The molecule has 0 unspecified atom stereocenters. The van der Waals surface area contributed by atoms with E-state index in [2.05, 4.69) is 21.2 Å². The predicted octanol–water partition coefficient (Wildman–Crippen LogP) is 2.89. The molecule has 8 nitrogen and oxygen atoms in total. The second-order valence-corrected chi connectivity index (χ2v) is 7.60. The third-order valence-electron chi connectivity index (χ3n) is 3.98. The van der Waals surface area contributed by atoms with E-state index in [1.165, 1.54) is 6.21 Å². The summed E-state index contributed by atoms with van der Waals surface area (Å²) in [6.07, 6.45) is 1.39. The molecule has 0 bridgehead atoms. The fourth-order valence-corrected chi connectivity index (χ4v) is 2.48. The molecule has 2 rings (SSSR count). The van der Waals surface area contributed by atoms with E-state index in [9.17, 15) is 14.4 Å². The predicted molar refractivity (Wildman–Crippen MR) is 120 cm³/mol. The Bertz CT molecular complexity index is 958. The Morgan fingerprint density at radius 3 is 2.48 bits per heavy atom. The average Bonchev–Trinajstić information content (AvgIpc) is 2.74. The standard InChI is InChI=1S/C22H25ClN4O4/c1-14(2)11-24-21(29)22(30)27-25-12-16-5-8-18(9-6-16)31-13-20(28)26-19-10-17(23)7-4-15(19)3/h4-10,12,14H,11,13H2,1-3H3,(H,24,29)(H,26,28)(H,27,30)/b25-12-. The minimum atomic E-state index is -0.835. The van der Waals surface area contributed by atoms with Crippen molar-refractivity contribution in [2.75, 3.05) is 18.5 Å². The zero-order valence-corrected chi connectivity index (χ0v) is 18.3. The van der Waals surface area contributed by atoms with Crippen LogP contribution in [0.15, 0.2) is 47.6 Å². The molecule has 0 radical (unpaired) electrons. The molecule has 31 heavy (non-hydrogen) atoms. The molecular formula is C22H25ClN4O4. The Hall–Kier alpha value is -3.39. The molecule has 3 N–H and O–H groups in total. The van der Waals surface area contributed by atoms with Gasteiger partial charge >= 0.3 is 11.8 Å². The maximum Gasteiger partial charge on any atom is 0.329 e. The van der Waals surface area contributed by atoms with Crippen LogP contribution in [-0.2, 0) is 14.4 Å². The maximum atomic E-state index is 12.1. The second kappa shape index (κ2) is 11.7. The Morgan fingerprint density at radius 1 is 1.10 bits per heavy atom. The smallest absolute Gasteiger partial charge is 0.329 e. The molecule has 9 heteroatoms. The highest BCUT2D eigenvalue weighted by Gasteiger charge is 2.12. The molecule has 2 aromatic carbocycles. The fourth-order valence-electron chi connectivity index (χ4n) is 2.31. The van der Waals surface area contributed by atoms with E-state index in [1.54, 1.807) is 36.4 Å². The van der Waals surface area contributed by atoms with Crippen molar-refractivity contribution in [2.45, 2.75) is 20.8 Å². The van der Waals surface area contributed by atoms with Crippen LogP contribution in [0, 0.1) is 12.8 Å². The van der Waals surface area contributed by atoms with Gasteiger partial charge in [0, 0.05) is 17.3 Å². The van der Waals surface area contributed by atoms with Crippen LogP contribution in [0.3, 0.4) is 0 Å². The van der Waals surface area contributed by atoms with Crippen LogP contribution in [0.2, 0.25) is 5.02 Å². The van der Waals surface area contributed by atoms with Gasteiger partial charge in [-0.25, -0.2) is 5.43 Å². The lowest BCUT2D eigenvalue weighted by Crippen LogP contribution is -2.39. The van der Waals surface area contributed by atoms with Gasteiger partial charge in [-0.2, -0.15) is 5.10 Å². The Labute approximate surface area is 186 Å². The van der Waals surface area contributed by atoms with Crippen LogP contribution < -0.4 is 20.8 Å². The summed E-state index contributed by atoms with van der Waals surface area (Å²) < 4.78 is 5.47. The molecular weight excluding hydrogens is 420 g/mol. The molecule has 0 aliphatic carbocycles. The van der Waals surface area contributed by atoms with E-state index in [1.807, 2.05) is 26.8 Å². The second-order valence-electron chi connectivity index (χ2n) is 7.17. The summed E-state index contributed by atoms with van der Waals surface area (Å²) in [7, 11) is 0. The molecule has 2 aromatic rings. The van der Waals surface area contributed by atoms with Crippen molar-refractivity contribution in [1.82, 2.24) is 10.7 Å². The first-order valence-corrected chi connectivity index (χ1v) is 10.0. The SMILES string of the molecule is Cc1ccc(Cl)cc1NC(=O)COc1ccc(/C=N\NC(=O)C(=O)NCC(C)C)cc1. The van der Waals surface area contributed by atoms with Gasteiger partial charge in [-0.1, -0.05) is 31.5 Å². The van der Waals surface area contributed by atoms with E-state index >= 15 is 0 Å². The molecule has 0 atom stereocenters. The number of anilines is 1. The van der Waals surface area contributed by atoms with Crippen molar-refractivity contribution in [1.29, 1.82) is 0 Å². The lowest BCUT2D eigenvalue weighted by Gasteiger charge is -2.10. The minimum Gasteiger partial charge on any atom is -0.484 e. The van der Waals surface area contributed by atoms with Gasteiger partial charge in [-0.15, -0.1) is 0 Å². The van der Waals surface area contributed by atoms with Crippen LogP contribution in [0.4, 0.5) is 5.69 Å². The van der Waals surface area contributed by atoms with Gasteiger partial charge in [0.1, 0.15) is 5.75 Å². The van der Waals surface area contributed by atoms with E-state index < -0.39 is 11.8 Å². The first kappa shape index (κ1) is 23.9. The lowest BCUT2D eigenvalue weighted by molar-refractivity contribution is -0.139. The van der Waals surface area contributed by atoms with Crippen LogP contribution in [0.1, 0.15) is 25.0 Å². The summed E-state index contributed by atoms with van der Waals surface area (Å²) in [6.45, 7) is 5.97. The highest BCUT2D eigenvalue weighted by atomic mass is 35.5. The van der Waals surface area contributed by atoms with Gasteiger partial charge in [0.25, 0.3) is 5.91 Å². The maximum absolute atomic E-state index is 12.1. The fraction of sp³-hybridized carbons (Fsp3) is 0.273. The van der Waals surface area contributed by atoms with Crippen LogP contribution in [0.25, 0.3) is 0 Å². The van der Waals surface area contributed by atoms with Gasteiger partial charge in [0.15, 0.2) is 6.61 Å². The topological polar surface area (TPSA) is 109 Å².